The van der Waals surface area contributed by atoms with E-state index in [0.29, 0.717) is 50.7 Å². The number of fused-ring (bicyclic) bond motifs is 3. The molecule has 59 heavy (non-hydrogen) atoms. The van der Waals surface area contributed by atoms with E-state index in [4.69, 9.17) is 33.8 Å². The monoisotopic (exact) mass is 835 g/mol. The highest BCUT2D eigenvalue weighted by Gasteiger charge is 2.56. The summed E-state index contributed by atoms with van der Waals surface area (Å²) in [4.78, 5) is 44.2. The first kappa shape index (κ1) is 49.1. The minimum absolute atomic E-state index is 0.0447. The normalized spacial score (nSPS) is 40.1. The Morgan fingerprint density at radius 2 is 1.64 bits per heavy atom. The van der Waals surface area contributed by atoms with Gasteiger partial charge in [0.25, 0.3) is 11.7 Å². The third-order valence-electron chi connectivity index (χ3n) is 13.3. The fourth-order valence-electron chi connectivity index (χ4n) is 9.81. The van der Waals surface area contributed by atoms with Crippen molar-refractivity contribution in [3.63, 3.8) is 0 Å². The SMILES string of the molecule is CC[C@@H]1/C=C(\C)C[C@H](C)C[C@H](OC)[C@H]2O[C@@](O)(C(=O)C(=O)N3CCCC[C@H]3C(=O)O[C@H](/C(C)=C/[C@@H]3CC[C@@H](OCCO)[C@H](OC)C3)[C@H](C)[C@@H](O)CC1=N)[C@H](C)C[C@@H]2OC. The van der Waals surface area contributed by atoms with Gasteiger partial charge >= 0.3 is 5.97 Å². The lowest BCUT2D eigenvalue weighted by molar-refractivity contribution is -0.302. The summed E-state index contributed by atoms with van der Waals surface area (Å²) in [6, 6.07) is -1.11. The van der Waals surface area contributed by atoms with Crippen LogP contribution in [0.2, 0.25) is 0 Å². The van der Waals surface area contributed by atoms with Crippen LogP contribution in [-0.2, 0) is 42.8 Å². The van der Waals surface area contributed by atoms with E-state index < -0.39 is 71.8 Å². The summed E-state index contributed by atoms with van der Waals surface area (Å²) in [5.74, 6) is -6.92. The molecule has 336 valence electrons. The number of allylic oxidation sites excluding steroid dienone is 3. The van der Waals surface area contributed by atoms with Crippen LogP contribution in [0.4, 0.5) is 0 Å². The van der Waals surface area contributed by atoms with E-state index in [1.54, 1.807) is 28.3 Å². The molecule has 2 saturated heterocycles. The van der Waals surface area contributed by atoms with Crippen molar-refractivity contribution in [1.29, 1.82) is 5.41 Å². The zero-order valence-electron chi connectivity index (χ0n) is 37.0. The summed E-state index contributed by atoms with van der Waals surface area (Å²) in [5, 5.41) is 42.3. The van der Waals surface area contributed by atoms with Crippen LogP contribution in [0.3, 0.4) is 0 Å². The number of methoxy groups -OCH3 is 3. The summed E-state index contributed by atoms with van der Waals surface area (Å²) in [7, 11) is 4.73. The van der Waals surface area contributed by atoms with E-state index in [1.165, 1.54) is 4.90 Å². The molecule has 4 aliphatic rings. The number of carbonyl (C=O) groups excluding carboxylic acids is 3. The van der Waals surface area contributed by atoms with Gasteiger partial charge in [-0.25, -0.2) is 4.79 Å². The molecule has 3 heterocycles. The van der Waals surface area contributed by atoms with Crippen molar-refractivity contribution >= 4 is 23.4 Å². The van der Waals surface area contributed by atoms with Gasteiger partial charge in [-0.3, -0.25) is 9.59 Å². The number of ketones is 1. The number of aliphatic hydroxyl groups excluding tert-OH is 2. The molecule has 0 aromatic heterocycles. The van der Waals surface area contributed by atoms with Crippen LogP contribution in [-0.4, -0.2) is 139 Å². The van der Waals surface area contributed by atoms with Crippen LogP contribution in [0.5, 0.6) is 0 Å². The van der Waals surface area contributed by atoms with Gasteiger partial charge in [-0.05, 0) is 95.5 Å². The number of ether oxygens (including phenoxy) is 6. The molecule has 0 spiro atoms. The number of piperidine rings is 1. The summed E-state index contributed by atoms with van der Waals surface area (Å²) in [5.41, 5.74) is 2.17. The number of nitrogens with zero attached hydrogens (tertiary/aromatic N) is 1. The number of aliphatic hydroxyl groups is 3. The third kappa shape index (κ3) is 12.1. The first-order valence-corrected chi connectivity index (χ1v) is 21.9. The number of nitrogens with one attached hydrogen (secondary N) is 1. The highest BCUT2D eigenvalue weighted by molar-refractivity contribution is 6.39. The van der Waals surface area contributed by atoms with E-state index >= 15 is 0 Å². The fraction of sp³-hybridized carbons (Fsp3) is 0.822. The van der Waals surface area contributed by atoms with Gasteiger partial charge in [0, 0.05) is 57.8 Å². The Kier molecular flexibility index (Phi) is 18.7. The molecule has 14 atom stereocenters. The smallest absolute Gasteiger partial charge is 0.329 e. The molecule has 1 aliphatic carbocycles. The second-order valence-corrected chi connectivity index (χ2v) is 17.8. The van der Waals surface area contributed by atoms with Crippen molar-refractivity contribution in [2.24, 2.45) is 29.6 Å². The number of esters is 1. The van der Waals surface area contributed by atoms with Gasteiger partial charge in [0.15, 0.2) is 0 Å². The van der Waals surface area contributed by atoms with Crippen LogP contribution < -0.4 is 0 Å². The van der Waals surface area contributed by atoms with Crippen molar-refractivity contribution in [3.05, 3.63) is 23.3 Å². The Labute approximate surface area is 351 Å². The number of rotatable bonds is 9. The number of Topliss-reactive ketones (excluding diaryl/α,β-unsaturated/α-hetero) is 1. The van der Waals surface area contributed by atoms with Gasteiger partial charge in [0.2, 0.25) is 5.79 Å². The first-order chi connectivity index (χ1) is 28.0. The van der Waals surface area contributed by atoms with Crippen LogP contribution >= 0.6 is 0 Å². The fourth-order valence-corrected chi connectivity index (χ4v) is 9.81. The zero-order chi connectivity index (χ0) is 43.6. The Hall–Kier alpha value is -2.56. The van der Waals surface area contributed by atoms with Crippen LogP contribution in [0, 0.1) is 35.0 Å². The van der Waals surface area contributed by atoms with Gasteiger partial charge in [0.05, 0.1) is 43.7 Å². The predicted molar refractivity (Wildman–Crippen MR) is 222 cm³/mol. The van der Waals surface area contributed by atoms with Crippen molar-refractivity contribution < 1.29 is 58.1 Å². The van der Waals surface area contributed by atoms with E-state index in [0.717, 1.165) is 17.6 Å². The van der Waals surface area contributed by atoms with Crippen molar-refractivity contribution in [1.82, 2.24) is 4.90 Å². The summed E-state index contributed by atoms with van der Waals surface area (Å²) < 4.78 is 36.0. The van der Waals surface area contributed by atoms with E-state index in [1.807, 2.05) is 27.7 Å². The van der Waals surface area contributed by atoms with E-state index in [-0.39, 0.29) is 69.0 Å². The number of cyclic esters (lactones) is 1. The molecule has 1 saturated carbocycles. The molecule has 14 heteroatoms. The lowest BCUT2D eigenvalue weighted by Crippen LogP contribution is -2.64. The molecule has 0 aromatic carbocycles. The number of hydrogen-bond acceptors (Lipinski definition) is 13. The maximum Gasteiger partial charge on any atom is 0.329 e. The highest BCUT2D eigenvalue weighted by Crippen LogP contribution is 2.39. The van der Waals surface area contributed by atoms with Gasteiger partial charge in [-0.15, -0.1) is 0 Å². The number of amides is 1. The Balaban J connectivity index is 1.75. The van der Waals surface area contributed by atoms with Crippen molar-refractivity contribution in [2.75, 3.05) is 41.1 Å². The standard InChI is InChI=1S/C45H74N2O12/c1-10-32-20-26(2)19-27(3)21-38(55-8)41-39(56-9)23-29(5)45(53,59-41)42(50)43(51)47-16-12-11-13-34(47)44(52)58-40(30(6)35(49)25-33(32)46)28(4)22-31-14-15-36(57-18-17-48)37(24-31)54-7/h20,22,27,29-32,34-41,46,48-49,53H,10-19,21,23-25H2,1-9H3/b26-20+,28-22+,46-33?/t27-,29+,30+,31-,32+,34-,35-,36+,37+,38-,39-,40+,41+,45+/m0/s1. The number of carbonyl (C=O) groups is 3. The Morgan fingerprint density at radius 1 is 0.966 bits per heavy atom. The minimum Gasteiger partial charge on any atom is -0.456 e. The van der Waals surface area contributed by atoms with Crippen LogP contribution in [0.15, 0.2) is 23.3 Å². The Morgan fingerprint density at radius 3 is 2.29 bits per heavy atom. The van der Waals surface area contributed by atoms with E-state index in [2.05, 4.69) is 19.1 Å². The van der Waals surface area contributed by atoms with Crippen LogP contribution in [0.1, 0.15) is 112 Å². The van der Waals surface area contributed by atoms with Gasteiger partial charge in [-0.1, -0.05) is 45.4 Å². The van der Waals surface area contributed by atoms with Crippen LogP contribution in [0.25, 0.3) is 0 Å². The van der Waals surface area contributed by atoms with Gasteiger partial charge < -0.3 is 54.0 Å². The zero-order valence-corrected chi connectivity index (χ0v) is 37.0. The Bertz CT molecular complexity index is 1490. The molecule has 3 aliphatic heterocycles. The van der Waals surface area contributed by atoms with Crippen molar-refractivity contribution in [3.8, 4) is 0 Å². The largest absolute Gasteiger partial charge is 0.456 e. The van der Waals surface area contributed by atoms with Gasteiger partial charge in [0.1, 0.15) is 18.2 Å². The second kappa shape index (κ2) is 22.5. The molecule has 1 amide bonds. The summed E-state index contributed by atoms with van der Waals surface area (Å²) in [6.07, 6.45) is 5.53. The maximum atomic E-state index is 14.4. The highest BCUT2D eigenvalue weighted by atomic mass is 16.7. The molecule has 0 unspecified atom stereocenters. The molecule has 14 nitrogen and oxygen atoms in total. The molecule has 4 rings (SSSR count). The lowest BCUT2D eigenvalue weighted by atomic mass is 9.81. The third-order valence-corrected chi connectivity index (χ3v) is 13.3. The number of hydrogen-bond donors (Lipinski definition) is 4. The molecule has 0 radical (unpaired) electrons. The first-order valence-electron chi connectivity index (χ1n) is 21.9. The molecular formula is C45H74N2O12. The molecular weight excluding hydrogens is 760 g/mol. The maximum absolute atomic E-state index is 14.4. The van der Waals surface area contributed by atoms with E-state index in [9.17, 15) is 29.7 Å². The quantitative estimate of drug-likeness (QED) is 0.139. The summed E-state index contributed by atoms with van der Waals surface area (Å²) >= 11 is 0. The molecule has 4 N–H and O–H groups in total. The molecule has 3 fully saturated rings. The average Bonchev–Trinajstić information content (AvgIpc) is 3.22. The predicted octanol–water partition coefficient (Wildman–Crippen LogP) is 4.94. The summed E-state index contributed by atoms with van der Waals surface area (Å²) in [6.45, 7) is 11.7. The molecule has 0 aromatic rings. The minimum atomic E-state index is -2.49. The average molecular weight is 835 g/mol. The van der Waals surface area contributed by atoms with Gasteiger partial charge in [-0.2, -0.15) is 0 Å². The second-order valence-electron chi connectivity index (χ2n) is 17.8. The molecule has 2 bridgehead atoms. The van der Waals surface area contributed by atoms with Crippen molar-refractivity contribution in [2.45, 2.75) is 167 Å². The topological polar surface area (TPSA) is 194 Å². The lowest BCUT2D eigenvalue weighted by Gasteiger charge is -2.47.